The molecule has 2 fully saturated rings. The second kappa shape index (κ2) is 6.31. The van der Waals surface area contributed by atoms with E-state index in [1.165, 1.54) is 50.2 Å². The number of hydrogen-bond donors (Lipinski definition) is 0. The number of ether oxygens (including phenoxy) is 2. The maximum Gasteiger partial charge on any atom is 0.231 e. The molecule has 4 heterocycles. The summed E-state index contributed by atoms with van der Waals surface area (Å²) in [5.74, 6) is 3.29. The Bertz CT molecular complexity index is 790. The van der Waals surface area contributed by atoms with Crippen molar-refractivity contribution in [1.82, 2.24) is 14.5 Å². The summed E-state index contributed by atoms with van der Waals surface area (Å²) in [4.78, 5) is 7.45. The SMILES string of the molecule is CC(Cc1ccc2c(c1)OCO2)c1nccn1CC12CCCN1CCC2. The summed E-state index contributed by atoms with van der Waals surface area (Å²) in [5, 5.41) is 0. The van der Waals surface area contributed by atoms with Gasteiger partial charge in [-0.3, -0.25) is 4.90 Å². The van der Waals surface area contributed by atoms with Gasteiger partial charge in [0, 0.05) is 30.4 Å². The van der Waals surface area contributed by atoms with Gasteiger partial charge >= 0.3 is 0 Å². The maximum absolute atomic E-state index is 5.52. The molecular weight excluding hydrogens is 326 g/mol. The van der Waals surface area contributed by atoms with Crippen molar-refractivity contribution >= 4 is 0 Å². The number of aromatic nitrogens is 2. The predicted molar refractivity (Wildman–Crippen MR) is 99.7 cm³/mol. The van der Waals surface area contributed by atoms with Crippen molar-refractivity contribution in [3.63, 3.8) is 0 Å². The first kappa shape index (κ1) is 16.2. The van der Waals surface area contributed by atoms with Crippen molar-refractivity contribution in [2.45, 2.75) is 57.0 Å². The monoisotopic (exact) mass is 353 g/mol. The number of nitrogens with zero attached hydrogens (tertiary/aromatic N) is 3. The van der Waals surface area contributed by atoms with E-state index in [1.54, 1.807) is 0 Å². The lowest BCUT2D eigenvalue weighted by molar-refractivity contribution is 0.167. The van der Waals surface area contributed by atoms with Crippen molar-refractivity contribution in [3.8, 4) is 11.5 Å². The molecule has 0 spiro atoms. The molecule has 26 heavy (non-hydrogen) atoms. The molecule has 0 N–H and O–H groups in total. The average molecular weight is 353 g/mol. The summed E-state index contributed by atoms with van der Waals surface area (Å²) in [6.07, 6.45) is 10.5. The summed E-state index contributed by atoms with van der Waals surface area (Å²) in [5.41, 5.74) is 1.66. The van der Waals surface area contributed by atoms with Crippen molar-refractivity contribution in [1.29, 1.82) is 0 Å². The molecular formula is C21H27N3O2. The number of rotatable bonds is 5. The number of hydrogen-bond acceptors (Lipinski definition) is 4. The predicted octanol–water partition coefficient (Wildman–Crippen LogP) is 3.59. The van der Waals surface area contributed by atoms with E-state index in [0.29, 0.717) is 18.2 Å². The fourth-order valence-electron chi connectivity index (χ4n) is 5.20. The van der Waals surface area contributed by atoms with Gasteiger partial charge in [0.15, 0.2) is 11.5 Å². The largest absolute Gasteiger partial charge is 0.454 e. The highest BCUT2D eigenvalue weighted by Crippen LogP contribution is 2.40. The van der Waals surface area contributed by atoms with Gasteiger partial charge in [-0.2, -0.15) is 0 Å². The van der Waals surface area contributed by atoms with E-state index in [1.807, 2.05) is 12.3 Å². The van der Waals surface area contributed by atoms with Crippen molar-refractivity contribution in [2.24, 2.45) is 0 Å². The second-order valence-corrected chi connectivity index (χ2v) is 8.12. The highest BCUT2D eigenvalue weighted by Gasteiger charge is 2.44. The first-order valence-electron chi connectivity index (χ1n) is 9.88. The smallest absolute Gasteiger partial charge is 0.231 e. The molecule has 0 bridgehead atoms. The average Bonchev–Trinajstić information content (AvgIpc) is 3.38. The van der Waals surface area contributed by atoms with Crippen LogP contribution in [0.15, 0.2) is 30.6 Å². The fourth-order valence-corrected chi connectivity index (χ4v) is 5.20. The van der Waals surface area contributed by atoms with E-state index in [9.17, 15) is 0 Å². The Balaban J connectivity index is 1.34. The van der Waals surface area contributed by atoms with Gasteiger partial charge in [0.2, 0.25) is 6.79 Å². The van der Waals surface area contributed by atoms with Crippen LogP contribution in [-0.2, 0) is 13.0 Å². The minimum absolute atomic E-state index is 0.331. The molecule has 0 radical (unpaired) electrons. The van der Waals surface area contributed by atoms with Gasteiger partial charge in [-0.25, -0.2) is 4.98 Å². The van der Waals surface area contributed by atoms with Gasteiger partial charge in [0.1, 0.15) is 5.82 Å². The van der Waals surface area contributed by atoms with E-state index in [2.05, 4.69) is 34.7 Å². The lowest BCUT2D eigenvalue weighted by Crippen LogP contribution is -2.42. The molecule has 3 aliphatic rings. The lowest BCUT2D eigenvalue weighted by Gasteiger charge is -2.33. The number of fused-ring (bicyclic) bond motifs is 2. The Morgan fingerprint density at radius 3 is 2.81 bits per heavy atom. The molecule has 1 aromatic carbocycles. The van der Waals surface area contributed by atoms with E-state index in [-0.39, 0.29) is 0 Å². The maximum atomic E-state index is 5.52. The molecule has 5 nitrogen and oxygen atoms in total. The summed E-state index contributed by atoms with van der Waals surface area (Å²) < 4.78 is 13.4. The Morgan fingerprint density at radius 2 is 1.96 bits per heavy atom. The van der Waals surface area contributed by atoms with Crippen LogP contribution < -0.4 is 9.47 Å². The zero-order chi connectivity index (χ0) is 17.6. The standard InChI is InChI=1S/C21H27N3O2/c1-16(12-17-4-5-18-19(13-17)26-15-25-18)20-22-8-11-23(20)14-21-6-2-9-24(21)10-3-7-21/h4-5,8,11,13,16H,2-3,6-7,9-10,12,14-15H2,1H3. The Hall–Kier alpha value is -2.01. The molecule has 0 aliphatic carbocycles. The van der Waals surface area contributed by atoms with Crippen LogP contribution in [0.4, 0.5) is 0 Å². The lowest BCUT2D eigenvalue weighted by atomic mass is 9.93. The summed E-state index contributed by atoms with van der Waals surface area (Å²) >= 11 is 0. The number of benzene rings is 1. The minimum Gasteiger partial charge on any atom is -0.454 e. The third kappa shape index (κ3) is 2.69. The normalized spacial score (nSPS) is 21.9. The molecule has 5 rings (SSSR count). The molecule has 1 unspecified atom stereocenters. The fraction of sp³-hybridized carbons (Fsp3) is 0.571. The molecule has 5 heteroatoms. The van der Waals surface area contributed by atoms with E-state index < -0.39 is 0 Å². The molecule has 138 valence electrons. The van der Waals surface area contributed by atoms with Crippen molar-refractivity contribution < 1.29 is 9.47 Å². The van der Waals surface area contributed by atoms with Crippen LogP contribution in [0.1, 0.15) is 49.9 Å². The van der Waals surface area contributed by atoms with E-state index >= 15 is 0 Å². The zero-order valence-electron chi connectivity index (χ0n) is 15.5. The van der Waals surface area contributed by atoms with Gasteiger partial charge in [0.25, 0.3) is 0 Å². The summed E-state index contributed by atoms with van der Waals surface area (Å²) in [6, 6.07) is 6.27. The molecule has 1 atom stereocenters. The number of imidazole rings is 1. The van der Waals surface area contributed by atoms with Gasteiger partial charge in [-0.15, -0.1) is 0 Å². The van der Waals surface area contributed by atoms with Gasteiger partial charge in [-0.1, -0.05) is 13.0 Å². The highest BCUT2D eigenvalue weighted by atomic mass is 16.7. The van der Waals surface area contributed by atoms with Crippen molar-refractivity contribution in [2.75, 3.05) is 19.9 Å². The van der Waals surface area contributed by atoms with E-state index in [0.717, 1.165) is 24.5 Å². The van der Waals surface area contributed by atoms with Crippen LogP contribution >= 0.6 is 0 Å². The van der Waals surface area contributed by atoms with Crippen LogP contribution in [0.5, 0.6) is 11.5 Å². The Kier molecular flexibility index (Phi) is 3.92. The molecule has 1 aromatic heterocycles. The van der Waals surface area contributed by atoms with Gasteiger partial charge in [0.05, 0.1) is 0 Å². The minimum atomic E-state index is 0.331. The van der Waals surface area contributed by atoms with Crippen LogP contribution in [0.25, 0.3) is 0 Å². The zero-order valence-corrected chi connectivity index (χ0v) is 15.5. The Labute approximate surface area is 154 Å². The quantitative estimate of drug-likeness (QED) is 0.824. The molecule has 0 amide bonds. The third-order valence-electron chi connectivity index (χ3n) is 6.44. The molecule has 0 saturated carbocycles. The molecule has 2 saturated heterocycles. The molecule has 3 aliphatic heterocycles. The van der Waals surface area contributed by atoms with Gasteiger partial charge < -0.3 is 14.0 Å². The van der Waals surface area contributed by atoms with E-state index in [4.69, 9.17) is 14.5 Å². The third-order valence-corrected chi connectivity index (χ3v) is 6.44. The van der Waals surface area contributed by atoms with Crippen LogP contribution in [-0.4, -0.2) is 39.9 Å². The second-order valence-electron chi connectivity index (χ2n) is 8.12. The summed E-state index contributed by atoms with van der Waals surface area (Å²) in [6.45, 7) is 6.25. The van der Waals surface area contributed by atoms with Crippen LogP contribution in [0.2, 0.25) is 0 Å². The molecule has 2 aromatic rings. The van der Waals surface area contributed by atoms with Gasteiger partial charge in [-0.05, 0) is 62.9 Å². The first-order valence-corrected chi connectivity index (χ1v) is 9.88. The topological polar surface area (TPSA) is 39.5 Å². The highest BCUT2D eigenvalue weighted by molar-refractivity contribution is 5.44. The van der Waals surface area contributed by atoms with Crippen LogP contribution in [0, 0.1) is 0 Å². The first-order chi connectivity index (χ1) is 12.7. The van der Waals surface area contributed by atoms with Crippen LogP contribution in [0.3, 0.4) is 0 Å². The summed E-state index contributed by atoms with van der Waals surface area (Å²) in [7, 11) is 0. The Morgan fingerprint density at radius 1 is 1.15 bits per heavy atom. The van der Waals surface area contributed by atoms with Crippen molar-refractivity contribution in [3.05, 3.63) is 42.0 Å².